The van der Waals surface area contributed by atoms with Gasteiger partial charge >= 0.3 is 5.97 Å². The number of hydrogen-bond donors (Lipinski definition) is 1. The highest BCUT2D eigenvalue weighted by atomic mass is 32.1. The van der Waals surface area contributed by atoms with E-state index in [2.05, 4.69) is 36.4 Å². The van der Waals surface area contributed by atoms with E-state index >= 15 is 0 Å². The van der Waals surface area contributed by atoms with Gasteiger partial charge in [-0.25, -0.2) is 0 Å². The smallest absolute Gasteiger partial charge is 0.303 e. The molecule has 1 N–H and O–H groups in total. The molecule has 3 heteroatoms. The zero-order chi connectivity index (χ0) is 14.2. The van der Waals surface area contributed by atoms with Gasteiger partial charge in [0.1, 0.15) is 0 Å². The number of carboxylic acid groups (broad SMARTS) is 1. The van der Waals surface area contributed by atoms with Crippen LogP contribution in [0.15, 0.2) is 42.5 Å². The first-order valence-corrected chi connectivity index (χ1v) is 7.89. The molecule has 20 heavy (non-hydrogen) atoms. The molecule has 0 spiro atoms. The van der Waals surface area contributed by atoms with E-state index in [1.807, 2.05) is 17.4 Å². The Morgan fingerprint density at radius 1 is 0.900 bits per heavy atom. The zero-order valence-corrected chi connectivity index (χ0v) is 12.4. The van der Waals surface area contributed by atoms with Crippen LogP contribution in [-0.2, 0) is 24.1 Å². The summed E-state index contributed by atoms with van der Waals surface area (Å²) in [6, 6.07) is 14.9. The third kappa shape index (κ3) is 5.17. The zero-order valence-electron chi connectivity index (χ0n) is 11.5. The Kier molecular flexibility index (Phi) is 5.81. The molecule has 0 saturated carbocycles. The molecule has 0 aliphatic carbocycles. The highest BCUT2D eigenvalue weighted by Crippen LogP contribution is 2.20. The van der Waals surface area contributed by atoms with Crippen molar-refractivity contribution in [3.8, 4) is 0 Å². The lowest BCUT2D eigenvalue weighted by molar-refractivity contribution is -0.137. The van der Waals surface area contributed by atoms with Gasteiger partial charge in [0.05, 0.1) is 0 Å². The quantitative estimate of drug-likeness (QED) is 0.785. The Morgan fingerprint density at radius 2 is 1.55 bits per heavy atom. The third-order valence-corrected chi connectivity index (χ3v) is 4.47. The van der Waals surface area contributed by atoms with Crippen molar-refractivity contribution < 1.29 is 9.90 Å². The first-order valence-electron chi connectivity index (χ1n) is 7.07. The number of thiophene rings is 1. The molecule has 1 aromatic carbocycles. The van der Waals surface area contributed by atoms with Gasteiger partial charge in [0, 0.05) is 16.2 Å². The summed E-state index contributed by atoms with van der Waals surface area (Å²) in [7, 11) is 0. The molecular formula is C17H20O2S. The first kappa shape index (κ1) is 14.8. The summed E-state index contributed by atoms with van der Waals surface area (Å²) in [6.45, 7) is 0. The fourth-order valence-corrected chi connectivity index (χ4v) is 3.32. The van der Waals surface area contributed by atoms with Crippen LogP contribution >= 0.6 is 11.3 Å². The molecular weight excluding hydrogens is 268 g/mol. The van der Waals surface area contributed by atoms with E-state index in [-0.39, 0.29) is 6.42 Å². The summed E-state index contributed by atoms with van der Waals surface area (Å²) in [5, 5.41) is 8.62. The van der Waals surface area contributed by atoms with Gasteiger partial charge < -0.3 is 5.11 Å². The van der Waals surface area contributed by atoms with Gasteiger partial charge in [-0.3, -0.25) is 4.79 Å². The lowest BCUT2D eigenvalue weighted by Crippen LogP contribution is -1.94. The first-order chi connectivity index (χ1) is 9.74. The number of hydrogen-bond acceptors (Lipinski definition) is 2. The number of carboxylic acids is 1. The van der Waals surface area contributed by atoms with Gasteiger partial charge in [0.2, 0.25) is 0 Å². The Balaban J connectivity index is 1.71. The van der Waals surface area contributed by atoms with E-state index in [1.165, 1.54) is 21.7 Å². The molecule has 0 bridgehead atoms. The predicted molar refractivity (Wildman–Crippen MR) is 83.4 cm³/mol. The van der Waals surface area contributed by atoms with Crippen molar-refractivity contribution in [3.63, 3.8) is 0 Å². The summed E-state index contributed by atoms with van der Waals surface area (Å²) in [5.41, 5.74) is 1.39. The second-order valence-electron chi connectivity index (χ2n) is 4.95. The SMILES string of the molecule is O=C(O)CCCc1ccc(CCCc2ccccc2)s1. The van der Waals surface area contributed by atoms with Crippen molar-refractivity contribution >= 4 is 17.3 Å². The highest BCUT2D eigenvalue weighted by molar-refractivity contribution is 7.11. The number of benzene rings is 1. The van der Waals surface area contributed by atoms with Crippen molar-refractivity contribution in [1.82, 2.24) is 0 Å². The Bertz CT molecular complexity index is 531. The largest absolute Gasteiger partial charge is 0.481 e. The molecule has 0 aliphatic heterocycles. The van der Waals surface area contributed by atoms with E-state index in [1.54, 1.807) is 0 Å². The average Bonchev–Trinajstić information content (AvgIpc) is 2.87. The Labute approximate surface area is 124 Å². The second kappa shape index (κ2) is 7.85. The van der Waals surface area contributed by atoms with Crippen molar-refractivity contribution in [2.24, 2.45) is 0 Å². The van der Waals surface area contributed by atoms with E-state index in [4.69, 9.17) is 5.11 Å². The maximum atomic E-state index is 10.5. The van der Waals surface area contributed by atoms with Gasteiger partial charge in [-0.05, 0) is 49.8 Å². The standard InChI is InChI=1S/C17H20O2S/c18-17(19)11-5-10-16-13-12-15(20-16)9-4-8-14-6-2-1-3-7-14/h1-3,6-7,12-13H,4-5,8-11H2,(H,18,19). The van der Waals surface area contributed by atoms with Crippen LogP contribution in [0.25, 0.3) is 0 Å². The molecule has 2 nitrogen and oxygen atoms in total. The van der Waals surface area contributed by atoms with Gasteiger partial charge in [0.25, 0.3) is 0 Å². The Hall–Kier alpha value is -1.61. The molecule has 0 amide bonds. The molecule has 2 rings (SSSR count). The van der Waals surface area contributed by atoms with Crippen LogP contribution in [0.3, 0.4) is 0 Å². The summed E-state index contributed by atoms with van der Waals surface area (Å²) >= 11 is 1.83. The fourth-order valence-electron chi connectivity index (χ4n) is 2.22. The monoisotopic (exact) mass is 288 g/mol. The molecule has 0 saturated heterocycles. The van der Waals surface area contributed by atoms with Crippen molar-refractivity contribution in [3.05, 3.63) is 57.8 Å². The second-order valence-corrected chi connectivity index (χ2v) is 6.21. The van der Waals surface area contributed by atoms with Gasteiger partial charge in [-0.2, -0.15) is 0 Å². The summed E-state index contributed by atoms with van der Waals surface area (Å²) in [6.07, 6.45) is 5.28. The third-order valence-electron chi connectivity index (χ3n) is 3.26. The van der Waals surface area contributed by atoms with Crippen LogP contribution in [0, 0.1) is 0 Å². The van der Waals surface area contributed by atoms with E-state index in [0.29, 0.717) is 0 Å². The van der Waals surface area contributed by atoms with Crippen LogP contribution in [0.4, 0.5) is 0 Å². The van der Waals surface area contributed by atoms with E-state index in [9.17, 15) is 4.79 Å². The van der Waals surface area contributed by atoms with Crippen molar-refractivity contribution in [1.29, 1.82) is 0 Å². The van der Waals surface area contributed by atoms with E-state index in [0.717, 1.165) is 25.7 Å². The van der Waals surface area contributed by atoms with Gasteiger partial charge in [-0.1, -0.05) is 30.3 Å². The fraction of sp³-hybridized carbons (Fsp3) is 0.353. The van der Waals surface area contributed by atoms with Gasteiger partial charge in [0.15, 0.2) is 0 Å². The summed E-state index contributed by atoms with van der Waals surface area (Å²) < 4.78 is 0. The number of aryl methyl sites for hydroxylation is 3. The molecule has 0 fully saturated rings. The lowest BCUT2D eigenvalue weighted by atomic mass is 10.1. The number of rotatable bonds is 8. The molecule has 0 atom stereocenters. The maximum Gasteiger partial charge on any atom is 0.303 e. The predicted octanol–water partition coefficient (Wildman–Crippen LogP) is 4.33. The topological polar surface area (TPSA) is 37.3 Å². The normalized spacial score (nSPS) is 10.6. The van der Waals surface area contributed by atoms with Crippen molar-refractivity contribution in [2.45, 2.75) is 38.5 Å². The van der Waals surface area contributed by atoms with E-state index < -0.39 is 5.97 Å². The minimum Gasteiger partial charge on any atom is -0.481 e. The van der Waals surface area contributed by atoms with Gasteiger partial charge in [-0.15, -0.1) is 11.3 Å². The molecule has 1 aromatic heterocycles. The Morgan fingerprint density at radius 3 is 2.20 bits per heavy atom. The summed E-state index contributed by atoms with van der Waals surface area (Å²) in [4.78, 5) is 13.2. The van der Waals surface area contributed by atoms with Crippen LogP contribution in [0.2, 0.25) is 0 Å². The lowest BCUT2D eigenvalue weighted by Gasteiger charge is -2.00. The average molecular weight is 288 g/mol. The molecule has 0 radical (unpaired) electrons. The molecule has 2 aromatic rings. The van der Waals surface area contributed by atoms with Crippen LogP contribution < -0.4 is 0 Å². The molecule has 1 heterocycles. The van der Waals surface area contributed by atoms with Crippen LogP contribution in [-0.4, -0.2) is 11.1 Å². The minimum atomic E-state index is -0.704. The minimum absolute atomic E-state index is 0.265. The highest BCUT2D eigenvalue weighted by Gasteiger charge is 2.03. The summed E-state index contributed by atoms with van der Waals surface area (Å²) in [5.74, 6) is -0.704. The number of carbonyl (C=O) groups is 1. The molecule has 106 valence electrons. The van der Waals surface area contributed by atoms with Crippen LogP contribution in [0.1, 0.15) is 34.6 Å². The molecule has 0 unspecified atom stereocenters. The van der Waals surface area contributed by atoms with Crippen molar-refractivity contribution in [2.75, 3.05) is 0 Å². The molecule has 0 aliphatic rings. The van der Waals surface area contributed by atoms with Crippen LogP contribution in [0.5, 0.6) is 0 Å². The number of aliphatic carboxylic acids is 1. The maximum absolute atomic E-state index is 10.5.